The fraction of sp³-hybridized carbons (Fsp3) is 0.619. The van der Waals surface area contributed by atoms with Gasteiger partial charge in [-0.3, -0.25) is 9.69 Å². The van der Waals surface area contributed by atoms with E-state index in [1.165, 1.54) is 12.1 Å². The van der Waals surface area contributed by atoms with Gasteiger partial charge in [0.05, 0.1) is 0 Å². The predicted octanol–water partition coefficient (Wildman–Crippen LogP) is 3.76. The highest BCUT2D eigenvalue weighted by Crippen LogP contribution is 2.47. The summed E-state index contributed by atoms with van der Waals surface area (Å²) in [5, 5.41) is 3.03. The molecule has 1 aliphatic carbocycles. The number of ether oxygens (including phenoxy) is 1. The van der Waals surface area contributed by atoms with Crippen molar-refractivity contribution in [3.63, 3.8) is 0 Å². The maximum Gasteiger partial charge on any atom is 0.410 e. The van der Waals surface area contributed by atoms with Gasteiger partial charge in [-0.05, 0) is 70.6 Å². The molecule has 0 bridgehead atoms. The Hall–Kier alpha value is -2.11. The number of rotatable bonds is 4. The molecule has 6 heteroatoms. The van der Waals surface area contributed by atoms with Crippen LogP contribution in [0.1, 0.15) is 58.4 Å². The Labute approximate surface area is 160 Å². The van der Waals surface area contributed by atoms with E-state index in [4.69, 9.17) is 4.74 Å². The summed E-state index contributed by atoms with van der Waals surface area (Å²) < 4.78 is 18.6. The molecule has 1 atom stereocenters. The van der Waals surface area contributed by atoms with Crippen molar-refractivity contribution in [2.45, 2.75) is 69.9 Å². The zero-order chi connectivity index (χ0) is 19.7. The standard InChI is InChI=1S/C21H29FN2O3/c1-20(2,3)27-19(26)24-13-5-4-6-17(24)18(25)23-14-21(11-12-21)15-7-9-16(22)10-8-15/h7-10,17H,4-6,11-14H2,1-3H3,(H,23,25). The van der Waals surface area contributed by atoms with Crippen molar-refractivity contribution in [3.05, 3.63) is 35.6 Å². The molecular weight excluding hydrogens is 347 g/mol. The van der Waals surface area contributed by atoms with Crippen LogP contribution in [0, 0.1) is 5.82 Å². The Balaban J connectivity index is 1.62. The van der Waals surface area contributed by atoms with E-state index in [-0.39, 0.29) is 17.1 Å². The Morgan fingerprint density at radius 3 is 2.48 bits per heavy atom. The van der Waals surface area contributed by atoms with Crippen molar-refractivity contribution in [1.29, 1.82) is 0 Å². The molecule has 3 rings (SSSR count). The normalized spacial score (nSPS) is 21.5. The van der Waals surface area contributed by atoms with E-state index >= 15 is 0 Å². The number of carbonyl (C=O) groups excluding carboxylic acids is 2. The summed E-state index contributed by atoms with van der Waals surface area (Å²) in [5.74, 6) is -0.386. The van der Waals surface area contributed by atoms with Gasteiger partial charge < -0.3 is 10.1 Å². The molecule has 1 heterocycles. The molecule has 1 saturated heterocycles. The molecule has 1 unspecified atom stereocenters. The summed E-state index contributed by atoms with van der Waals surface area (Å²) in [7, 11) is 0. The minimum Gasteiger partial charge on any atom is -0.444 e. The number of piperidine rings is 1. The van der Waals surface area contributed by atoms with Crippen LogP contribution in [0.2, 0.25) is 0 Å². The molecule has 1 aromatic rings. The summed E-state index contributed by atoms with van der Waals surface area (Å²) >= 11 is 0. The first kappa shape index (κ1) is 19.6. The molecule has 5 nitrogen and oxygen atoms in total. The fourth-order valence-corrected chi connectivity index (χ4v) is 3.64. The summed E-state index contributed by atoms with van der Waals surface area (Å²) in [6.07, 6.45) is 3.96. The van der Waals surface area contributed by atoms with Gasteiger partial charge in [-0.1, -0.05) is 12.1 Å². The average Bonchev–Trinajstić information content (AvgIpc) is 3.40. The van der Waals surface area contributed by atoms with E-state index in [0.717, 1.165) is 31.2 Å². The monoisotopic (exact) mass is 376 g/mol. The van der Waals surface area contributed by atoms with Crippen LogP contribution in [0.4, 0.5) is 9.18 Å². The number of benzene rings is 1. The Morgan fingerprint density at radius 2 is 1.89 bits per heavy atom. The van der Waals surface area contributed by atoms with E-state index in [1.54, 1.807) is 17.0 Å². The molecule has 2 amide bonds. The van der Waals surface area contributed by atoms with Crippen molar-refractivity contribution in [1.82, 2.24) is 10.2 Å². The van der Waals surface area contributed by atoms with Crippen LogP contribution >= 0.6 is 0 Å². The molecule has 1 aromatic carbocycles. The van der Waals surface area contributed by atoms with E-state index < -0.39 is 17.7 Å². The minimum absolute atomic E-state index is 0.102. The van der Waals surface area contributed by atoms with Gasteiger partial charge in [-0.25, -0.2) is 9.18 Å². The highest BCUT2D eigenvalue weighted by molar-refractivity contribution is 5.86. The highest BCUT2D eigenvalue weighted by atomic mass is 19.1. The van der Waals surface area contributed by atoms with Crippen LogP contribution in [-0.2, 0) is 14.9 Å². The second-order valence-electron chi connectivity index (χ2n) is 8.69. The largest absolute Gasteiger partial charge is 0.444 e. The molecule has 2 fully saturated rings. The lowest BCUT2D eigenvalue weighted by Crippen LogP contribution is -2.53. The molecule has 0 spiro atoms. The highest BCUT2D eigenvalue weighted by Gasteiger charge is 2.45. The van der Waals surface area contributed by atoms with Crippen LogP contribution in [0.25, 0.3) is 0 Å². The third kappa shape index (κ3) is 4.79. The van der Waals surface area contributed by atoms with Gasteiger partial charge >= 0.3 is 6.09 Å². The van der Waals surface area contributed by atoms with Crippen LogP contribution in [0.15, 0.2) is 24.3 Å². The number of carbonyl (C=O) groups is 2. The molecule has 1 N–H and O–H groups in total. The minimum atomic E-state index is -0.587. The van der Waals surface area contributed by atoms with Crippen LogP contribution < -0.4 is 5.32 Å². The molecule has 1 saturated carbocycles. The maximum absolute atomic E-state index is 13.2. The van der Waals surface area contributed by atoms with Crippen molar-refractivity contribution in [2.24, 2.45) is 0 Å². The summed E-state index contributed by atoms with van der Waals surface area (Å²) in [4.78, 5) is 26.9. The SMILES string of the molecule is CC(C)(C)OC(=O)N1CCCCC1C(=O)NCC1(c2ccc(F)cc2)CC1. The van der Waals surface area contributed by atoms with E-state index in [9.17, 15) is 14.0 Å². The van der Waals surface area contributed by atoms with Crippen molar-refractivity contribution in [2.75, 3.05) is 13.1 Å². The average molecular weight is 376 g/mol. The van der Waals surface area contributed by atoms with Gasteiger partial charge in [0.15, 0.2) is 0 Å². The molecule has 27 heavy (non-hydrogen) atoms. The van der Waals surface area contributed by atoms with Crippen molar-refractivity contribution in [3.8, 4) is 0 Å². The molecule has 0 aromatic heterocycles. The van der Waals surface area contributed by atoms with Gasteiger partial charge in [-0.2, -0.15) is 0 Å². The van der Waals surface area contributed by atoms with Crippen LogP contribution in [0.3, 0.4) is 0 Å². The summed E-state index contributed by atoms with van der Waals surface area (Å²) in [5.41, 5.74) is 0.363. The lowest BCUT2D eigenvalue weighted by molar-refractivity contribution is -0.127. The van der Waals surface area contributed by atoms with Crippen molar-refractivity contribution < 1.29 is 18.7 Å². The number of nitrogens with one attached hydrogen (secondary N) is 1. The Kier molecular flexibility index (Phi) is 5.45. The molecule has 148 valence electrons. The number of amides is 2. The van der Waals surface area contributed by atoms with Crippen LogP contribution in [0.5, 0.6) is 0 Å². The third-order valence-electron chi connectivity index (χ3n) is 5.34. The smallest absolute Gasteiger partial charge is 0.410 e. The lowest BCUT2D eigenvalue weighted by atomic mass is 9.95. The Morgan fingerprint density at radius 1 is 1.22 bits per heavy atom. The third-order valence-corrected chi connectivity index (χ3v) is 5.34. The second kappa shape index (κ2) is 7.49. The molecule has 2 aliphatic rings. The summed E-state index contributed by atoms with van der Waals surface area (Å²) in [6, 6.07) is 6.02. The van der Waals surface area contributed by atoms with E-state index in [0.29, 0.717) is 19.5 Å². The quantitative estimate of drug-likeness (QED) is 0.870. The van der Waals surface area contributed by atoms with Gasteiger partial charge in [-0.15, -0.1) is 0 Å². The van der Waals surface area contributed by atoms with Gasteiger partial charge in [0, 0.05) is 18.5 Å². The number of hydrogen-bond acceptors (Lipinski definition) is 3. The van der Waals surface area contributed by atoms with Gasteiger partial charge in [0.2, 0.25) is 5.91 Å². The summed E-state index contributed by atoms with van der Waals surface area (Å²) in [6.45, 7) is 6.52. The molecule has 0 radical (unpaired) electrons. The number of nitrogens with zero attached hydrogens (tertiary/aromatic N) is 1. The Bertz CT molecular complexity index is 692. The molecular formula is C21H29FN2O3. The molecule has 1 aliphatic heterocycles. The second-order valence-corrected chi connectivity index (χ2v) is 8.69. The first-order chi connectivity index (χ1) is 12.7. The zero-order valence-electron chi connectivity index (χ0n) is 16.4. The van der Waals surface area contributed by atoms with Gasteiger partial charge in [0.1, 0.15) is 17.5 Å². The maximum atomic E-state index is 13.2. The van der Waals surface area contributed by atoms with Gasteiger partial charge in [0.25, 0.3) is 0 Å². The predicted molar refractivity (Wildman–Crippen MR) is 101 cm³/mol. The van der Waals surface area contributed by atoms with E-state index in [1.807, 2.05) is 20.8 Å². The zero-order valence-corrected chi connectivity index (χ0v) is 16.4. The first-order valence-corrected chi connectivity index (χ1v) is 9.74. The number of halogens is 1. The fourth-order valence-electron chi connectivity index (χ4n) is 3.64. The van der Waals surface area contributed by atoms with Crippen molar-refractivity contribution >= 4 is 12.0 Å². The number of hydrogen-bond donors (Lipinski definition) is 1. The number of likely N-dealkylation sites (tertiary alicyclic amines) is 1. The van der Waals surface area contributed by atoms with E-state index in [2.05, 4.69) is 5.32 Å². The first-order valence-electron chi connectivity index (χ1n) is 9.74. The lowest BCUT2D eigenvalue weighted by Gasteiger charge is -2.36. The topological polar surface area (TPSA) is 58.6 Å². The van der Waals surface area contributed by atoms with Crippen LogP contribution in [-0.4, -0.2) is 41.6 Å².